The fourth-order valence-corrected chi connectivity index (χ4v) is 0.888. The summed E-state index contributed by atoms with van der Waals surface area (Å²) >= 11 is 0. The van der Waals surface area contributed by atoms with Crippen LogP contribution in [0.25, 0.3) is 0 Å². The molecule has 1 radical (unpaired) electrons. The number of rotatable bonds is 3. The lowest BCUT2D eigenvalue weighted by Gasteiger charge is -1.94. The summed E-state index contributed by atoms with van der Waals surface area (Å²) in [4.78, 5) is 29.0. The molecule has 0 aromatic heterocycles. The van der Waals surface area contributed by atoms with Crippen molar-refractivity contribution in [3.8, 4) is 0 Å². The standard InChI is InChI=1S/C7H3N2O5/c10-4-5-1-2-6(8(11)12)7(3-5)9(13)14/h1-3H. The highest BCUT2D eigenvalue weighted by atomic mass is 16.6. The van der Waals surface area contributed by atoms with E-state index in [1.807, 2.05) is 0 Å². The van der Waals surface area contributed by atoms with Crippen molar-refractivity contribution in [1.29, 1.82) is 0 Å². The van der Waals surface area contributed by atoms with E-state index < -0.39 is 21.2 Å². The molecule has 0 fully saturated rings. The van der Waals surface area contributed by atoms with E-state index >= 15 is 0 Å². The molecule has 14 heavy (non-hydrogen) atoms. The number of hydrogen-bond acceptors (Lipinski definition) is 5. The Hall–Kier alpha value is -2.31. The van der Waals surface area contributed by atoms with Crippen molar-refractivity contribution in [2.75, 3.05) is 0 Å². The van der Waals surface area contributed by atoms with Gasteiger partial charge < -0.3 is 0 Å². The van der Waals surface area contributed by atoms with E-state index in [1.54, 1.807) is 0 Å². The van der Waals surface area contributed by atoms with Gasteiger partial charge in [-0.05, 0) is 6.07 Å². The molecular formula is C7H3N2O5. The molecular weight excluding hydrogens is 192 g/mol. The molecule has 1 rings (SSSR count). The molecule has 7 nitrogen and oxygen atoms in total. The number of benzene rings is 1. The first-order valence-corrected chi connectivity index (χ1v) is 3.37. The number of nitro groups is 2. The summed E-state index contributed by atoms with van der Waals surface area (Å²) < 4.78 is 0. The Labute approximate surface area is 77.3 Å². The van der Waals surface area contributed by atoms with Crippen molar-refractivity contribution in [2.45, 2.75) is 0 Å². The third kappa shape index (κ3) is 1.71. The van der Waals surface area contributed by atoms with E-state index in [9.17, 15) is 25.0 Å². The normalized spacial score (nSPS) is 9.43. The monoisotopic (exact) mass is 195 g/mol. The predicted molar refractivity (Wildman–Crippen MR) is 44.5 cm³/mol. The molecule has 0 aliphatic rings. The van der Waals surface area contributed by atoms with Crippen LogP contribution in [0.15, 0.2) is 18.2 Å². The van der Waals surface area contributed by atoms with Crippen LogP contribution in [0.5, 0.6) is 0 Å². The first-order valence-electron chi connectivity index (χ1n) is 3.37. The summed E-state index contributed by atoms with van der Waals surface area (Å²) in [5.74, 6) is 0. The summed E-state index contributed by atoms with van der Waals surface area (Å²) in [7, 11) is 0. The molecule has 0 aliphatic heterocycles. The van der Waals surface area contributed by atoms with Crippen LogP contribution in [0.3, 0.4) is 0 Å². The number of nitrogens with zero attached hydrogens (tertiary/aromatic N) is 2. The van der Waals surface area contributed by atoms with E-state index in [4.69, 9.17) is 0 Å². The second-order valence-electron chi connectivity index (χ2n) is 2.32. The lowest BCUT2D eigenvalue weighted by atomic mass is 10.2. The van der Waals surface area contributed by atoms with Crippen LogP contribution in [-0.4, -0.2) is 16.1 Å². The third-order valence-electron chi connectivity index (χ3n) is 1.49. The van der Waals surface area contributed by atoms with E-state index in [-0.39, 0.29) is 5.56 Å². The number of carbonyl (C=O) groups excluding carboxylic acids is 1. The van der Waals surface area contributed by atoms with Crippen molar-refractivity contribution in [2.24, 2.45) is 0 Å². The van der Waals surface area contributed by atoms with Gasteiger partial charge in [-0.2, -0.15) is 0 Å². The van der Waals surface area contributed by atoms with Crippen LogP contribution in [0.1, 0.15) is 5.56 Å². The molecule has 0 spiro atoms. The molecule has 1 aromatic rings. The molecule has 0 aliphatic carbocycles. The lowest BCUT2D eigenvalue weighted by molar-refractivity contribution is -0.422. The van der Waals surface area contributed by atoms with Gasteiger partial charge >= 0.3 is 11.4 Å². The van der Waals surface area contributed by atoms with Gasteiger partial charge in [0.1, 0.15) is 0 Å². The Balaban J connectivity index is 3.38. The average molecular weight is 195 g/mol. The average Bonchev–Trinajstić information content (AvgIpc) is 2.16. The molecule has 0 amide bonds. The molecule has 0 bridgehead atoms. The minimum absolute atomic E-state index is 0.0951. The molecule has 7 heteroatoms. The quantitative estimate of drug-likeness (QED) is 0.527. The topological polar surface area (TPSA) is 103 Å². The molecule has 1 aromatic carbocycles. The Morgan fingerprint density at radius 2 is 1.64 bits per heavy atom. The van der Waals surface area contributed by atoms with Gasteiger partial charge in [0.25, 0.3) is 0 Å². The van der Waals surface area contributed by atoms with E-state index in [0.717, 1.165) is 18.2 Å². The summed E-state index contributed by atoms with van der Waals surface area (Å²) in [6, 6.07) is 2.81. The summed E-state index contributed by atoms with van der Waals surface area (Å²) in [5, 5.41) is 20.7. The maximum Gasteiger partial charge on any atom is 0.346 e. The summed E-state index contributed by atoms with van der Waals surface area (Å²) in [6.45, 7) is 0. The lowest BCUT2D eigenvalue weighted by Crippen LogP contribution is -1.97. The zero-order chi connectivity index (χ0) is 10.7. The molecule has 0 saturated heterocycles. The summed E-state index contributed by atoms with van der Waals surface area (Å²) in [5.41, 5.74) is -1.45. The van der Waals surface area contributed by atoms with Crippen molar-refractivity contribution >= 4 is 17.7 Å². The zero-order valence-electron chi connectivity index (χ0n) is 6.67. The van der Waals surface area contributed by atoms with Crippen LogP contribution in [0.4, 0.5) is 11.4 Å². The fourth-order valence-electron chi connectivity index (χ4n) is 0.888. The second-order valence-corrected chi connectivity index (χ2v) is 2.32. The van der Waals surface area contributed by atoms with Crippen LogP contribution < -0.4 is 0 Å². The van der Waals surface area contributed by atoms with E-state index in [1.165, 1.54) is 6.29 Å². The maximum absolute atomic E-state index is 10.4. The molecule has 71 valence electrons. The summed E-state index contributed by atoms with van der Waals surface area (Å²) in [6.07, 6.45) is 1.41. The van der Waals surface area contributed by atoms with E-state index in [0.29, 0.717) is 0 Å². The first kappa shape index (κ1) is 9.78. The Morgan fingerprint density at radius 3 is 2.07 bits per heavy atom. The van der Waals surface area contributed by atoms with Gasteiger partial charge in [0.15, 0.2) is 0 Å². The number of hydrogen-bond donors (Lipinski definition) is 0. The zero-order valence-corrected chi connectivity index (χ0v) is 6.67. The van der Waals surface area contributed by atoms with Gasteiger partial charge in [-0.1, -0.05) is 0 Å². The van der Waals surface area contributed by atoms with Crippen LogP contribution in [0.2, 0.25) is 0 Å². The molecule has 0 heterocycles. The van der Waals surface area contributed by atoms with Gasteiger partial charge in [0.05, 0.1) is 9.85 Å². The smallest absolute Gasteiger partial charge is 0.285 e. The van der Waals surface area contributed by atoms with Gasteiger partial charge in [-0.3, -0.25) is 25.0 Å². The number of nitro benzene ring substituents is 2. The SMILES string of the molecule is O=[C]c1ccc([N+](=O)[O-])c([N+](=O)[O-])c1. The van der Waals surface area contributed by atoms with Crippen LogP contribution >= 0.6 is 0 Å². The third-order valence-corrected chi connectivity index (χ3v) is 1.49. The first-order chi connectivity index (χ1) is 6.56. The minimum Gasteiger partial charge on any atom is -0.285 e. The van der Waals surface area contributed by atoms with E-state index in [2.05, 4.69) is 0 Å². The van der Waals surface area contributed by atoms with Gasteiger partial charge in [0.2, 0.25) is 6.29 Å². The van der Waals surface area contributed by atoms with Crippen molar-refractivity contribution in [3.63, 3.8) is 0 Å². The Kier molecular flexibility index (Phi) is 2.52. The van der Waals surface area contributed by atoms with Crippen molar-refractivity contribution in [1.82, 2.24) is 0 Å². The molecule has 0 unspecified atom stereocenters. The fraction of sp³-hybridized carbons (Fsp3) is 0. The minimum atomic E-state index is -0.918. The highest BCUT2D eigenvalue weighted by Crippen LogP contribution is 2.26. The van der Waals surface area contributed by atoms with Crippen LogP contribution in [-0.2, 0) is 4.79 Å². The van der Waals surface area contributed by atoms with Gasteiger partial charge in [-0.25, -0.2) is 0 Å². The van der Waals surface area contributed by atoms with Crippen molar-refractivity contribution in [3.05, 3.63) is 44.0 Å². The van der Waals surface area contributed by atoms with Crippen molar-refractivity contribution < 1.29 is 14.6 Å². The second kappa shape index (κ2) is 3.60. The molecule has 0 N–H and O–H groups in total. The Bertz CT molecular complexity index is 415. The molecule has 0 saturated carbocycles. The Morgan fingerprint density at radius 1 is 1.07 bits per heavy atom. The highest BCUT2D eigenvalue weighted by molar-refractivity contribution is 5.78. The highest BCUT2D eigenvalue weighted by Gasteiger charge is 2.23. The van der Waals surface area contributed by atoms with Gasteiger partial charge in [-0.15, -0.1) is 0 Å². The maximum atomic E-state index is 10.4. The van der Waals surface area contributed by atoms with Gasteiger partial charge in [0, 0.05) is 17.7 Å². The molecule has 0 atom stereocenters. The largest absolute Gasteiger partial charge is 0.346 e. The predicted octanol–water partition coefficient (Wildman–Crippen LogP) is 0.961. The van der Waals surface area contributed by atoms with Crippen LogP contribution in [0, 0.1) is 20.2 Å².